The smallest absolute Gasteiger partial charge is 0.123 e. The van der Waals surface area contributed by atoms with Crippen LogP contribution in [0.5, 0.6) is 0 Å². The first-order valence-corrected chi connectivity index (χ1v) is 10.4. The molecule has 0 aliphatic carbocycles. The zero-order chi connectivity index (χ0) is 20.9. The van der Waals surface area contributed by atoms with E-state index in [0.717, 1.165) is 41.6 Å². The van der Waals surface area contributed by atoms with E-state index < -0.39 is 0 Å². The van der Waals surface area contributed by atoms with Gasteiger partial charge in [-0.3, -0.25) is 9.67 Å². The number of rotatable bonds is 7. The van der Waals surface area contributed by atoms with Crippen LogP contribution < -0.4 is 0 Å². The standard InChI is InChI=1S/C26H26FN3/c1-19(2)30-24(10-6-9-20-7-4-3-5-8-20)25(21-15-17-28-18-16-21)26(29-30)22-11-13-23(27)14-12-22/h3-5,7-8,11-19H,6,9-10H2,1-2H3. The fourth-order valence-corrected chi connectivity index (χ4v) is 3.87. The van der Waals surface area contributed by atoms with Gasteiger partial charge in [-0.1, -0.05) is 30.3 Å². The molecule has 0 amide bonds. The van der Waals surface area contributed by atoms with E-state index in [1.807, 2.05) is 30.6 Å². The number of hydrogen-bond donors (Lipinski definition) is 0. The van der Waals surface area contributed by atoms with Crippen LogP contribution in [0.25, 0.3) is 22.4 Å². The average molecular weight is 400 g/mol. The summed E-state index contributed by atoms with van der Waals surface area (Å²) in [7, 11) is 0. The maximum Gasteiger partial charge on any atom is 0.123 e. The molecule has 2 aromatic carbocycles. The number of hydrogen-bond acceptors (Lipinski definition) is 2. The molecule has 2 aromatic heterocycles. The van der Waals surface area contributed by atoms with Crippen LogP contribution >= 0.6 is 0 Å². The summed E-state index contributed by atoms with van der Waals surface area (Å²) in [6.45, 7) is 4.30. The molecule has 3 nitrogen and oxygen atoms in total. The van der Waals surface area contributed by atoms with Crippen LogP contribution in [0.2, 0.25) is 0 Å². The molecule has 0 radical (unpaired) electrons. The van der Waals surface area contributed by atoms with Gasteiger partial charge in [-0.2, -0.15) is 5.10 Å². The Balaban J connectivity index is 1.77. The van der Waals surface area contributed by atoms with Crippen LogP contribution in [0.4, 0.5) is 4.39 Å². The summed E-state index contributed by atoms with van der Waals surface area (Å²) >= 11 is 0. The third-order valence-electron chi connectivity index (χ3n) is 5.31. The molecule has 0 spiro atoms. The van der Waals surface area contributed by atoms with Gasteiger partial charge in [-0.15, -0.1) is 0 Å². The van der Waals surface area contributed by atoms with Crippen molar-refractivity contribution in [2.75, 3.05) is 0 Å². The van der Waals surface area contributed by atoms with E-state index in [2.05, 4.69) is 47.8 Å². The highest BCUT2D eigenvalue weighted by molar-refractivity contribution is 5.82. The van der Waals surface area contributed by atoms with Crippen molar-refractivity contribution >= 4 is 0 Å². The van der Waals surface area contributed by atoms with Gasteiger partial charge in [0.1, 0.15) is 11.5 Å². The summed E-state index contributed by atoms with van der Waals surface area (Å²) in [6.07, 6.45) is 6.59. The van der Waals surface area contributed by atoms with E-state index in [9.17, 15) is 4.39 Å². The zero-order valence-corrected chi connectivity index (χ0v) is 17.4. The van der Waals surface area contributed by atoms with Crippen molar-refractivity contribution in [1.29, 1.82) is 0 Å². The lowest BCUT2D eigenvalue weighted by atomic mass is 9.96. The Morgan fingerprint density at radius 1 is 0.833 bits per heavy atom. The van der Waals surface area contributed by atoms with Crippen molar-refractivity contribution in [2.45, 2.75) is 39.2 Å². The van der Waals surface area contributed by atoms with Crippen molar-refractivity contribution in [3.05, 3.63) is 96.2 Å². The minimum atomic E-state index is -0.240. The Labute approximate surface area is 177 Å². The zero-order valence-electron chi connectivity index (χ0n) is 17.4. The highest BCUT2D eigenvalue weighted by Gasteiger charge is 2.21. The van der Waals surface area contributed by atoms with Gasteiger partial charge < -0.3 is 0 Å². The lowest BCUT2D eigenvalue weighted by Crippen LogP contribution is -2.08. The van der Waals surface area contributed by atoms with Gasteiger partial charge in [-0.05, 0) is 80.6 Å². The average Bonchev–Trinajstić information content (AvgIpc) is 3.15. The SMILES string of the molecule is CC(C)n1nc(-c2ccc(F)cc2)c(-c2ccncc2)c1CCCc1ccccc1. The van der Waals surface area contributed by atoms with Crippen molar-refractivity contribution in [1.82, 2.24) is 14.8 Å². The van der Waals surface area contributed by atoms with Gasteiger partial charge in [0.15, 0.2) is 0 Å². The monoisotopic (exact) mass is 399 g/mol. The third-order valence-corrected chi connectivity index (χ3v) is 5.31. The maximum atomic E-state index is 13.5. The maximum absolute atomic E-state index is 13.5. The second-order valence-electron chi connectivity index (χ2n) is 7.79. The summed E-state index contributed by atoms with van der Waals surface area (Å²) < 4.78 is 15.7. The topological polar surface area (TPSA) is 30.7 Å². The van der Waals surface area contributed by atoms with Crippen molar-refractivity contribution < 1.29 is 4.39 Å². The van der Waals surface area contributed by atoms with Crippen molar-refractivity contribution in [3.8, 4) is 22.4 Å². The van der Waals surface area contributed by atoms with E-state index in [1.54, 1.807) is 12.1 Å². The highest BCUT2D eigenvalue weighted by Crippen LogP contribution is 2.36. The fourth-order valence-electron chi connectivity index (χ4n) is 3.87. The molecule has 0 atom stereocenters. The molecular weight excluding hydrogens is 373 g/mol. The van der Waals surface area contributed by atoms with E-state index in [1.165, 1.54) is 23.4 Å². The third kappa shape index (κ3) is 4.33. The number of benzene rings is 2. The number of aryl methyl sites for hydroxylation is 1. The van der Waals surface area contributed by atoms with Crippen LogP contribution in [-0.4, -0.2) is 14.8 Å². The Kier molecular flexibility index (Phi) is 6.03. The second kappa shape index (κ2) is 9.04. The highest BCUT2D eigenvalue weighted by atomic mass is 19.1. The minimum absolute atomic E-state index is 0.228. The molecule has 2 heterocycles. The van der Waals surface area contributed by atoms with E-state index >= 15 is 0 Å². The predicted molar refractivity (Wildman–Crippen MR) is 120 cm³/mol. The first-order valence-electron chi connectivity index (χ1n) is 10.4. The van der Waals surface area contributed by atoms with Crippen LogP contribution in [-0.2, 0) is 12.8 Å². The largest absolute Gasteiger partial charge is 0.266 e. The normalized spacial score (nSPS) is 11.2. The van der Waals surface area contributed by atoms with E-state index in [-0.39, 0.29) is 11.9 Å². The fraction of sp³-hybridized carbons (Fsp3) is 0.231. The molecule has 0 aliphatic heterocycles. The molecule has 0 unspecified atom stereocenters. The van der Waals surface area contributed by atoms with Gasteiger partial charge in [0.05, 0.1) is 0 Å². The van der Waals surface area contributed by atoms with Crippen LogP contribution in [0.15, 0.2) is 79.1 Å². The Morgan fingerprint density at radius 3 is 2.20 bits per heavy atom. The first-order chi connectivity index (χ1) is 14.6. The summed E-state index contributed by atoms with van der Waals surface area (Å²) in [5, 5.41) is 4.99. The molecule has 152 valence electrons. The lowest BCUT2D eigenvalue weighted by molar-refractivity contribution is 0.506. The van der Waals surface area contributed by atoms with Crippen molar-refractivity contribution in [2.24, 2.45) is 0 Å². The van der Waals surface area contributed by atoms with Gasteiger partial charge in [0.25, 0.3) is 0 Å². The van der Waals surface area contributed by atoms with Crippen LogP contribution in [0.1, 0.15) is 37.6 Å². The number of nitrogens with zero attached hydrogens (tertiary/aromatic N) is 3. The number of pyridine rings is 1. The van der Waals surface area contributed by atoms with Gasteiger partial charge in [-0.25, -0.2) is 4.39 Å². The summed E-state index contributed by atoms with van der Waals surface area (Å²) in [4.78, 5) is 4.18. The Hall–Kier alpha value is -3.27. The van der Waals surface area contributed by atoms with Gasteiger partial charge in [0.2, 0.25) is 0 Å². The minimum Gasteiger partial charge on any atom is -0.266 e. The molecule has 0 aliphatic rings. The summed E-state index contributed by atoms with van der Waals surface area (Å²) in [5.41, 5.74) is 6.58. The molecule has 0 saturated carbocycles. The molecular formula is C26H26FN3. The summed E-state index contributed by atoms with van der Waals surface area (Å²) in [6, 6.07) is 21.4. The predicted octanol–water partition coefficient (Wildman–Crippen LogP) is 6.51. The molecule has 30 heavy (non-hydrogen) atoms. The van der Waals surface area contributed by atoms with Gasteiger partial charge in [0, 0.05) is 35.3 Å². The summed E-state index contributed by atoms with van der Waals surface area (Å²) in [5.74, 6) is -0.240. The molecule has 0 fully saturated rings. The first kappa shape index (κ1) is 20.0. The second-order valence-corrected chi connectivity index (χ2v) is 7.79. The molecule has 0 bridgehead atoms. The Bertz CT molecular complexity index is 1080. The number of halogens is 1. The molecule has 4 aromatic rings. The van der Waals surface area contributed by atoms with Crippen LogP contribution in [0, 0.1) is 5.82 Å². The lowest BCUT2D eigenvalue weighted by Gasteiger charge is -2.13. The van der Waals surface area contributed by atoms with Gasteiger partial charge >= 0.3 is 0 Å². The quantitative estimate of drug-likeness (QED) is 0.355. The molecule has 4 heteroatoms. The van der Waals surface area contributed by atoms with E-state index in [0.29, 0.717) is 0 Å². The molecule has 0 saturated heterocycles. The number of aromatic nitrogens is 3. The van der Waals surface area contributed by atoms with E-state index in [4.69, 9.17) is 5.10 Å². The van der Waals surface area contributed by atoms with Crippen LogP contribution in [0.3, 0.4) is 0 Å². The molecule has 0 N–H and O–H groups in total. The Morgan fingerprint density at radius 2 is 1.53 bits per heavy atom. The van der Waals surface area contributed by atoms with Crippen molar-refractivity contribution in [3.63, 3.8) is 0 Å². The molecule has 4 rings (SSSR count).